The maximum Gasteiger partial charge on any atom is 0.303 e. The number of carboxylic acids is 1. The molecule has 0 aliphatic heterocycles. The third kappa shape index (κ3) is 15.2. The number of carboxylic acid groups (broad SMARTS) is 1. The van der Waals surface area contributed by atoms with Gasteiger partial charge < -0.3 is 10.8 Å². The van der Waals surface area contributed by atoms with Gasteiger partial charge in [0.25, 0.3) is 0 Å². The van der Waals surface area contributed by atoms with Crippen LogP contribution in [0.3, 0.4) is 0 Å². The van der Waals surface area contributed by atoms with Crippen molar-refractivity contribution in [3.8, 4) is 0 Å². The zero-order chi connectivity index (χ0) is 18.5. The summed E-state index contributed by atoms with van der Waals surface area (Å²) in [5, 5.41) is 8.73. The van der Waals surface area contributed by atoms with Gasteiger partial charge in [-0.1, -0.05) is 84.0 Å². The van der Waals surface area contributed by atoms with Crippen LogP contribution in [0, 0.1) is 0 Å². The van der Waals surface area contributed by atoms with Gasteiger partial charge in [-0.05, 0) is 25.7 Å². The lowest BCUT2D eigenvalue weighted by atomic mass is 9.83. The monoisotopic (exact) mass is 357 g/mol. The molecular formula is C20H43NO2Si. The van der Waals surface area contributed by atoms with Crippen LogP contribution in [-0.2, 0) is 4.79 Å². The Bertz CT molecular complexity index is 328. The minimum absolute atomic E-state index is 0.0175. The molecule has 0 spiro atoms. The molecule has 0 aromatic heterocycles. The Morgan fingerprint density at radius 2 is 1.38 bits per heavy atom. The van der Waals surface area contributed by atoms with Crippen molar-refractivity contribution in [3.63, 3.8) is 0 Å². The minimum atomic E-state index is -0.933. The Labute approximate surface area is 151 Å². The number of aliphatic carboxylic acids is 1. The molecule has 0 aromatic rings. The van der Waals surface area contributed by atoms with Crippen molar-refractivity contribution >= 4 is 14.0 Å². The second-order valence-corrected chi connectivity index (χ2v) is 14.5. The van der Waals surface area contributed by atoms with Gasteiger partial charge in [-0.2, -0.15) is 0 Å². The topological polar surface area (TPSA) is 63.3 Å². The fraction of sp³-hybridized carbons (Fsp3) is 0.950. The third-order valence-corrected chi connectivity index (χ3v) is 6.80. The minimum Gasteiger partial charge on any atom is -0.481 e. The molecule has 0 aromatic carbocycles. The summed E-state index contributed by atoms with van der Waals surface area (Å²) in [6, 6.07) is 1.40. The molecule has 1 atom stereocenters. The van der Waals surface area contributed by atoms with Crippen molar-refractivity contribution in [3.05, 3.63) is 0 Å². The largest absolute Gasteiger partial charge is 0.481 e. The van der Waals surface area contributed by atoms with Gasteiger partial charge in [-0.15, -0.1) is 0 Å². The van der Waals surface area contributed by atoms with Gasteiger partial charge in [0, 0.05) is 20.0 Å². The predicted octanol–water partition coefficient (Wildman–Crippen LogP) is 6.20. The SMILES string of the molecule is CCCCCCC(N)(CCCCCC(=O)O)CCCC[Si](C)(C)C. The highest BCUT2D eigenvalue weighted by Crippen LogP contribution is 2.27. The Kier molecular flexibility index (Phi) is 12.7. The average molecular weight is 358 g/mol. The summed E-state index contributed by atoms with van der Waals surface area (Å²) in [6.45, 7) is 9.57. The maximum atomic E-state index is 10.6. The van der Waals surface area contributed by atoms with Crippen molar-refractivity contribution < 1.29 is 9.90 Å². The quantitative estimate of drug-likeness (QED) is 0.255. The predicted molar refractivity (Wildman–Crippen MR) is 108 cm³/mol. The van der Waals surface area contributed by atoms with Crippen molar-refractivity contribution in [1.82, 2.24) is 0 Å². The molecule has 144 valence electrons. The Hall–Kier alpha value is -0.353. The van der Waals surface area contributed by atoms with Crippen molar-refractivity contribution in [1.29, 1.82) is 0 Å². The van der Waals surface area contributed by atoms with Gasteiger partial charge in [0.2, 0.25) is 0 Å². The summed E-state index contributed by atoms with van der Waals surface area (Å²) in [5.74, 6) is -0.681. The van der Waals surface area contributed by atoms with Crippen LogP contribution in [-0.4, -0.2) is 24.7 Å². The van der Waals surface area contributed by atoms with Gasteiger partial charge in [0.05, 0.1) is 0 Å². The van der Waals surface area contributed by atoms with Crippen molar-refractivity contribution in [2.24, 2.45) is 5.73 Å². The molecule has 0 saturated heterocycles. The van der Waals surface area contributed by atoms with E-state index >= 15 is 0 Å². The zero-order valence-corrected chi connectivity index (χ0v) is 17.8. The number of nitrogens with two attached hydrogens (primary N) is 1. The lowest BCUT2D eigenvalue weighted by Crippen LogP contribution is -2.39. The van der Waals surface area contributed by atoms with E-state index in [4.69, 9.17) is 10.8 Å². The highest BCUT2D eigenvalue weighted by molar-refractivity contribution is 6.76. The van der Waals surface area contributed by atoms with Gasteiger partial charge in [-0.25, -0.2) is 0 Å². The summed E-state index contributed by atoms with van der Waals surface area (Å²) >= 11 is 0. The molecule has 24 heavy (non-hydrogen) atoms. The van der Waals surface area contributed by atoms with Gasteiger partial charge in [-0.3, -0.25) is 4.79 Å². The number of hydrogen-bond acceptors (Lipinski definition) is 2. The number of unbranched alkanes of at least 4 members (excludes halogenated alkanes) is 6. The molecule has 0 bridgehead atoms. The fourth-order valence-corrected chi connectivity index (χ4v) is 4.65. The standard InChI is InChI=1S/C20H43NO2Si/c1-5-6-7-10-15-20(21,16-11-8-9-14-19(22)23)17-12-13-18-24(2,3)4/h5-18,21H2,1-4H3,(H,22,23). The highest BCUT2D eigenvalue weighted by Gasteiger charge is 2.24. The van der Waals surface area contributed by atoms with Crippen LogP contribution in [0.5, 0.6) is 0 Å². The summed E-state index contributed by atoms with van der Waals surface area (Å²) in [4.78, 5) is 10.6. The van der Waals surface area contributed by atoms with Crippen LogP contribution in [0.4, 0.5) is 0 Å². The molecular weight excluding hydrogens is 314 g/mol. The van der Waals surface area contributed by atoms with E-state index in [1.807, 2.05) is 0 Å². The highest BCUT2D eigenvalue weighted by atomic mass is 28.3. The second-order valence-electron chi connectivity index (χ2n) is 8.90. The molecule has 0 fully saturated rings. The van der Waals surface area contributed by atoms with E-state index in [-0.39, 0.29) is 5.54 Å². The second kappa shape index (κ2) is 12.9. The van der Waals surface area contributed by atoms with Gasteiger partial charge in [0.15, 0.2) is 0 Å². The summed E-state index contributed by atoms with van der Waals surface area (Å²) in [5.41, 5.74) is 6.75. The van der Waals surface area contributed by atoms with E-state index in [1.165, 1.54) is 44.6 Å². The first-order chi connectivity index (χ1) is 11.2. The summed E-state index contributed by atoms with van der Waals surface area (Å²) < 4.78 is 0. The number of rotatable bonds is 16. The summed E-state index contributed by atoms with van der Waals surface area (Å²) in [6.07, 6.45) is 14.2. The van der Waals surface area contributed by atoms with E-state index in [2.05, 4.69) is 26.6 Å². The average Bonchev–Trinajstić information content (AvgIpc) is 2.47. The normalized spacial score (nSPS) is 14.5. The first-order valence-electron chi connectivity index (χ1n) is 10.2. The first kappa shape index (κ1) is 23.6. The van der Waals surface area contributed by atoms with E-state index in [1.54, 1.807) is 0 Å². The molecule has 3 nitrogen and oxygen atoms in total. The van der Waals surface area contributed by atoms with Crippen LogP contribution in [0.1, 0.15) is 90.4 Å². The number of hydrogen-bond donors (Lipinski definition) is 2. The molecule has 0 saturated carbocycles. The van der Waals surface area contributed by atoms with Gasteiger partial charge in [0.1, 0.15) is 0 Å². The molecule has 0 aliphatic rings. The molecule has 0 rings (SSSR count). The maximum absolute atomic E-state index is 10.6. The summed E-state index contributed by atoms with van der Waals surface area (Å²) in [7, 11) is -0.933. The van der Waals surface area contributed by atoms with E-state index in [0.717, 1.165) is 38.5 Å². The van der Waals surface area contributed by atoms with Crippen LogP contribution >= 0.6 is 0 Å². The van der Waals surface area contributed by atoms with Gasteiger partial charge >= 0.3 is 5.97 Å². The molecule has 0 radical (unpaired) electrons. The molecule has 0 heterocycles. The Morgan fingerprint density at radius 3 is 1.83 bits per heavy atom. The molecule has 0 amide bonds. The molecule has 3 N–H and O–H groups in total. The van der Waals surface area contributed by atoms with Crippen molar-refractivity contribution in [2.45, 2.75) is 122 Å². The first-order valence-corrected chi connectivity index (χ1v) is 13.9. The molecule has 1 unspecified atom stereocenters. The Morgan fingerprint density at radius 1 is 0.875 bits per heavy atom. The van der Waals surface area contributed by atoms with Crippen LogP contribution in [0.15, 0.2) is 0 Å². The van der Waals surface area contributed by atoms with Crippen LogP contribution in [0.25, 0.3) is 0 Å². The van der Waals surface area contributed by atoms with E-state index in [0.29, 0.717) is 6.42 Å². The van der Waals surface area contributed by atoms with Crippen LogP contribution < -0.4 is 5.73 Å². The van der Waals surface area contributed by atoms with Crippen LogP contribution in [0.2, 0.25) is 25.7 Å². The smallest absolute Gasteiger partial charge is 0.303 e. The molecule has 4 heteroatoms. The van der Waals surface area contributed by atoms with Crippen molar-refractivity contribution in [2.75, 3.05) is 0 Å². The van der Waals surface area contributed by atoms with E-state index in [9.17, 15) is 4.79 Å². The zero-order valence-electron chi connectivity index (χ0n) is 16.8. The van der Waals surface area contributed by atoms with E-state index < -0.39 is 14.0 Å². The molecule has 0 aliphatic carbocycles. The third-order valence-electron chi connectivity index (χ3n) is 4.94. The lowest BCUT2D eigenvalue weighted by molar-refractivity contribution is -0.137. The Balaban J connectivity index is 4.18. The lowest BCUT2D eigenvalue weighted by Gasteiger charge is -2.30. The number of carbonyl (C=O) groups is 1. The fourth-order valence-electron chi connectivity index (χ4n) is 3.34.